The van der Waals surface area contributed by atoms with Gasteiger partial charge in [-0.2, -0.15) is 0 Å². The molecule has 3 nitrogen and oxygen atoms in total. The van der Waals surface area contributed by atoms with Gasteiger partial charge in [0.1, 0.15) is 22.3 Å². The predicted molar refractivity (Wildman–Crippen MR) is 255 cm³/mol. The van der Waals surface area contributed by atoms with E-state index in [0.717, 1.165) is 94.3 Å². The highest BCUT2D eigenvalue weighted by Crippen LogP contribution is 2.44. The molecule has 2 heterocycles. The number of furan rings is 2. The summed E-state index contributed by atoms with van der Waals surface area (Å²) in [6, 6.07) is 80.1. The fourth-order valence-electron chi connectivity index (χ4n) is 9.19. The van der Waals surface area contributed by atoms with Crippen LogP contribution in [0.5, 0.6) is 0 Å². The Morgan fingerprint density at radius 2 is 0.803 bits per heavy atom. The molecule has 0 saturated heterocycles. The van der Waals surface area contributed by atoms with Crippen LogP contribution in [-0.4, -0.2) is 0 Å². The van der Waals surface area contributed by atoms with E-state index in [1.807, 2.05) is 24.3 Å². The van der Waals surface area contributed by atoms with Crippen molar-refractivity contribution in [1.29, 1.82) is 0 Å². The second kappa shape index (κ2) is 14.3. The fraction of sp³-hybridized carbons (Fsp3) is 0. The molecule has 0 aliphatic rings. The second-order valence-corrected chi connectivity index (χ2v) is 15.6. The van der Waals surface area contributed by atoms with Gasteiger partial charge < -0.3 is 13.7 Å². The monoisotopic (exact) mass is 779 g/mol. The Balaban J connectivity index is 0.987. The maximum Gasteiger partial charge on any atom is 0.136 e. The molecule has 0 spiro atoms. The predicted octanol–water partition coefficient (Wildman–Crippen LogP) is 16.8. The van der Waals surface area contributed by atoms with Crippen LogP contribution < -0.4 is 4.90 Å². The molecule has 0 N–H and O–H groups in total. The van der Waals surface area contributed by atoms with Crippen LogP contribution in [0.3, 0.4) is 0 Å². The van der Waals surface area contributed by atoms with Gasteiger partial charge in [0.2, 0.25) is 0 Å². The summed E-state index contributed by atoms with van der Waals surface area (Å²) in [5, 5.41) is 6.99. The Morgan fingerprint density at radius 3 is 1.62 bits per heavy atom. The maximum absolute atomic E-state index is 6.27. The van der Waals surface area contributed by atoms with Crippen molar-refractivity contribution in [2.75, 3.05) is 4.90 Å². The molecule has 0 atom stereocenters. The van der Waals surface area contributed by atoms with E-state index in [4.69, 9.17) is 8.83 Å². The van der Waals surface area contributed by atoms with Crippen molar-refractivity contribution in [2.24, 2.45) is 0 Å². The largest absolute Gasteiger partial charge is 0.456 e. The number of hydrogen-bond acceptors (Lipinski definition) is 3. The van der Waals surface area contributed by atoms with Crippen molar-refractivity contribution in [3.8, 4) is 44.5 Å². The molecule has 286 valence electrons. The first-order valence-electron chi connectivity index (χ1n) is 20.7. The van der Waals surface area contributed by atoms with Gasteiger partial charge in [-0.05, 0) is 116 Å². The summed E-state index contributed by atoms with van der Waals surface area (Å²) in [6.45, 7) is 0. The molecule has 0 bridgehead atoms. The molecule has 0 fully saturated rings. The van der Waals surface area contributed by atoms with Gasteiger partial charge in [-0.1, -0.05) is 158 Å². The number of para-hydroxylation sites is 3. The number of fused-ring (bicyclic) bond motifs is 7. The van der Waals surface area contributed by atoms with Gasteiger partial charge in [0.25, 0.3) is 0 Å². The highest BCUT2D eigenvalue weighted by atomic mass is 16.3. The molecular weight excluding hydrogens is 743 g/mol. The van der Waals surface area contributed by atoms with Crippen molar-refractivity contribution in [1.82, 2.24) is 0 Å². The standard InChI is InChI=1S/C58H37NO2/c1-2-16-46-39(12-1)13-10-20-47(46)42-14-9-15-43(36-42)48-17-3-6-22-53(48)59(44-31-26-38(27-32-44)41-30-35-56-52(37-41)50-18-4-7-23-54(50)60-56)45-33-28-40(29-34-45)49-21-11-25-57-58(49)51-19-5-8-24-55(51)61-57/h1-37H. The van der Waals surface area contributed by atoms with Gasteiger partial charge in [-0.25, -0.2) is 0 Å². The summed E-state index contributed by atoms with van der Waals surface area (Å²) in [5.41, 5.74) is 16.1. The fourth-order valence-corrected chi connectivity index (χ4v) is 9.19. The van der Waals surface area contributed by atoms with E-state index in [1.54, 1.807) is 0 Å². The third kappa shape index (κ3) is 5.98. The Labute approximate surface area is 353 Å². The van der Waals surface area contributed by atoms with E-state index in [-0.39, 0.29) is 0 Å². The van der Waals surface area contributed by atoms with E-state index in [0.29, 0.717) is 0 Å². The van der Waals surface area contributed by atoms with Crippen LogP contribution in [0.25, 0.3) is 99.2 Å². The van der Waals surface area contributed by atoms with Crippen LogP contribution in [0, 0.1) is 0 Å². The Hall–Kier alpha value is -8.14. The summed E-state index contributed by atoms with van der Waals surface area (Å²) in [5.74, 6) is 0. The van der Waals surface area contributed by atoms with Gasteiger partial charge in [0, 0.05) is 38.5 Å². The summed E-state index contributed by atoms with van der Waals surface area (Å²) >= 11 is 0. The number of hydrogen-bond donors (Lipinski definition) is 0. The Morgan fingerprint density at radius 1 is 0.279 bits per heavy atom. The summed E-state index contributed by atoms with van der Waals surface area (Å²) in [4.78, 5) is 2.38. The molecule has 0 amide bonds. The maximum atomic E-state index is 6.27. The first-order chi connectivity index (χ1) is 30.2. The lowest BCUT2D eigenvalue weighted by molar-refractivity contribution is 0.668. The van der Waals surface area contributed by atoms with Crippen LogP contribution in [0.15, 0.2) is 233 Å². The minimum Gasteiger partial charge on any atom is -0.456 e. The molecule has 0 radical (unpaired) electrons. The summed E-state index contributed by atoms with van der Waals surface area (Å²) in [6.07, 6.45) is 0. The molecule has 0 aliphatic carbocycles. The summed E-state index contributed by atoms with van der Waals surface area (Å²) < 4.78 is 12.4. The lowest BCUT2D eigenvalue weighted by atomic mass is 9.94. The van der Waals surface area contributed by atoms with Gasteiger partial charge >= 0.3 is 0 Å². The van der Waals surface area contributed by atoms with Crippen LogP contribution >= 0.6 is 0 Å². The van der Waals surface area contributed by atoms with E-state index in [1.165, 1.54) is 21.9 Å². The zero-order valence-corrected chi connectivity index (χ0v) is 33.1. The van der Waals surface area contributed by atoms with Crippen LogP contribution in [0.2, 0.25) is 0 Å². The molecule has 61 heavy (non-hydrogen) atoms. The molecule has 12 aromatic rings. The zero-order chi connectivity index (χ0) is 40.3. The number of anilines is 3. The minimum atomic E-state index is 0.893. The molecule has 3 heteroatoms. The van der Waals surface area contributed by atoms with Crippen LogP contribution in [-0.2, 0) is 0 Å². The van der Waals surface area contributed by atoms with E-state index >= 15 is 0 Å². The number of rotatable bonds is 7. The lowest BCUT2D eigenvalue weighted by Crippen LogP contribution is -2.11. The minimum absolute atomic E-state index is 0.893. The first-order valence-corrected chi connectivity index (χ1v) is 20.7. The molecule has 0 aliphatic heterocycles. The highest BCUT2D eigenvalue weighted by Gasteiger charge is 2.19. The average molecular weight is 780 g/mol. The molecule has 0 unspecified atom stereocenters. The van der Waals surface area contributed by atoms with Gasteiger partial charge in [-0.15, -0.1) is 0 Å². The van der Waals surface area contributed by atoms with E-state index in [9.17, 15) is 0 Å². The van der Waals surface area contributed by atoms with Crippen LogP contribution in [0.4, 0.5) is 17.1 Å². The summed E-state index contributed by atoms with van der Waals surface area (Å²) in [7, 11) is 0. The van der Waals surface area contributed by atoms with Crippen LogP contribution in [0.1, 0.15) is 0 Å². The molecule has 12 rings (SSSR count). The second-order valence-electron chi connectivity index (χ2n) is 15.6. The zero-order valence-electron chi connectivity index (χ0n) is 33.1. The van der Waals surface area contributed by atoms with Gasteiger partial charge in [0.15, 0.2) is 0 Å². The molecule has 10 aromatic carbocycles. The van der Waals surface area contributed by atoms with Crippen molar-refractivity contribution < 1.29 is 8.83 Å². The van der Waals surface area contributed by atoms with E-state index < -0.39 is 0 Å². The molecule has 2 aromatic heterocycles. The Bertz CT molecular complexity index is 3590. The number of benzene rings is 10. The average Bonchev–Trinajstić information content (AvgIpc) is 3.90. The smallest absolute Gasteiger partial charge is 0.136 e. The topological polar surface area (TPSA) is 29.5 Å². The third-order valence-electron chi connectivity index (χ3n) is 12.1. The quantitative estimate of drug-likeness (QED) is 0.161. The van der Waals surface area contributed by atoms with Gasteiger partial charge in [0.05, 0.1) is 5.69 Å². The van der Waals surface area contributed by atoms with E-state index in [2.05, 4.69) is 205 Å². The van der Waals surface area contributed by atoms with Crippen molar-refractivity contribution in [3.63, 3.8) is 0 Å². The highest BCUT2D eigenvalue weighted by molar-refractivity contribution is 6.12. The SMILES string of the molecule is c1cc(-c2ccccc2N(c2ccc(-c3ccc4oc5ccccc5c4c3)cc2)c2ccc(-c3cccc4oc5ccccc5c34)cc2)cc(-c2cccc3ccccc23)c1. The number of nitrogens with zero attached hydrogens (tertiary/aromatic N) is 1. The van der Waals surface area contributed by atoms with Crippen molar-refractivity contribution in [3.05, 3.63) is 224 Å². The van der Waals surface area contributed by atoms with Crippen molar-refractivity contribution in [2.45, 2.75) is 0 Å². The lowest BCUT2D eigenvalue weighted by Gasteiger charge is -2.28. The first kappa shape index (κ1) is 34.9. The molecular formula is C58H37NO2. The van der Waals surface area contributed by atoms with Crippen molar-refractivity contribution >= 4 is 71.7 Å². The third-order valence-corrected chi connectivity index (χ3v) is 12.1. The van der Waals surface area contributed by atoms with Gasteiger partial charge in [-0.3, -0.25) is 0 Å². The molecule has 0 saturated carbocycles. The normalized spacial score (nSPS) is 11.6. The Kier molecular flexibility index (Phi) is 8.17.